The van der Waals surface area contributed by atoms with Crippen molar-refractivity contribution < 1.29 is 17.7 Å². The Bertz CT molecular complexity index is 1150. The van der Waals surface area contributed by atoms with E-state index >= 15 is 0 Å². The van der Waals surface area contributed by atoms with Crippen molar-refractivity contribution in [2.75, 3.05) is 4.90 Å². The van der Waals surface area contributed by atoms with Gasteiger partial charge in [-0.15, -0.1) is 0 Å². The molecule has 0 fully saturated rings. The predicted octanol–water partition coefficient (Wildman–Crippen LogP) is 5.27. The first-order valence-electron chi connectivity index (χ1n) is 8.67. The number of benzene rings is 2. The van der Waals surface area contributed by atoms with E-state index in [0.29, 0.717) is 39.2 Å². The Morgan fingerprint density at radius 1 is 1.11 bits per heavy atom. The average Bonchev–Trinajstić information content (AvgIpc) is 2.67. The van der Waals surface area contributed by atoms with Crippen molar-refractivity contribution in [1.29, 1.82) is 0 Å². The fourth-order valence-corrected chi connectivity index (χ4v) is 4.51. The number of rotatable bonds is 4. The first-order chi connectivity index (χ1) is 13.4. The number of halogens is 1. The molecule has 4 rings (SSSR count). The Hall–Kier alpha value is -2.61. The zero-order valence-corrected chi connectivity index (χ0v) is 16.5. The molecule has 1 aliphatic rings. The second-order valence-electron chi connectivity index (χ2n) is 6.33. The largest absolute Gasteiger partial charge is 0.453 e. The molecule has 0 spiro atoms. The molecule has 1 atom stereocenters. The quantitative estimate of drug-likeness (QED) is 0.583. The predicted molar refractivity (Wildman–Crippen MR) is 109 cm³/mol. The highest BCUT2D eigenvalue weighted by molar-refractivity contribution is 7.86. The van der Waals surface area contributed by atoms with Crippen LogP contribution in [0.1, 0.15) is 13.3 Å². The molecule has 1 unspecified atom stereocenters. The molecule has 28 heavy (non-hydrogen) atoms. The van der Waals surface area contributed by atoms with E-state index in [4.69, 9.17) is 16.3 Å². The topological polar surface area (TPSA) is 79.7 Å². The number of fused-ring (bicyclic) bond motifs is 2. The van der Waals surface area contributed by atoms with Crippen LogP contribution >= 0.6 is 11.6 Å². The van der Waals surface area contributed by atoms with Crippen LogP contribution in [-0.2, 0) is 10.1 Å². The number of hydrogen-bond acceptors (Lipinski definition) is 5. The van der Waals surface area contributed by atoms with Crippen molar-refractivity contribution in [3.05, 3.63) is 65.8 Å². The van der Waals surface area contributed by atoms with Crippen LogP contribution in [0.2, 0.25) is 5.02 Å². The molecule has 6 nitrogen and oxygen atoms in total. The molecule has 0 bridgehead atoms. The summed E-state index contributed by atoms with van der Waals surface area (Å²) in [7, 11) is -4.36. The van der Waals surface area contributed by atoms with Crippen LogP contribution in [0.15, 0.2) is 60.8 Å². The molecule has 0 aliphatic carbocycles. The van der Waals surface area contributed by atoms with E-state index in [0.717, 1.165) is 0 Å². The third kappa shape index (κ3) is 3.22. The normalized spacial score (nSPS) is 14.0. The Labute approximate surface area is 168 Å². The molecule has 1 aliphatic heterocycles. The number of ether oxygens (including phenoxy) is 1. The number of aromatic nitrogens is 1. The van der Waals surface area contributed by atoms with Crippen LogP contribution in [0.3, 0.4) is 0 Å². The lowest BCUT2D eigenvalue weighted by atomic mass is 10.1. The molecule has 0 radical (unpaired) electrons. The number of anilines is 2. The molecule has 144 valence electrons. The summed E-state index contributed by atoms with van der Waals surface area (Å²) in [5, 5.41) is -0.682. The van der Waals surface area contributed by atoms with Gasteiger partial charge in [-0.3, -0.25) is 9.54 Å². The summed E-state index contributed by atoms with van der Waals surface area (Å²) in [5.41, 5.74) is 2.36. The highest BCUT2D eigenvalue weighted by Crippen LogP contribution is 2.49. The first-order valence-corrected chi connectivity index (χ1v) is 10.6. The fraction of sp³-hybridized carbons (Fsp3) is 0.150. The Morgan fingerprint density at radius 3 is 2.57 bits per heavy atom. The van der Waals surface area contributed by atoms with Gasteiger partial charge in [0.1, 0.15) is 0 Å². The van der Waals surface area contributed by atoms with Gasteiger partial charge in [-0.1, -0.05) is 30.7 Å². The summed E-state index contributed by atoms with van der Waals surface area (Å²) in [4.78, 5) is 5.91. The molecule has 1 N–H and O–H groups in total. The van der Waals surface area contributed by atoms with Gasteiger partial charge in [0.15, 0.2) is 16.9 Å². The first kappa shape index (κ1) is 18.7. The van der Waals surface area contributed by atoms with Gasteiger partial charge in [-0.05, 0) is 48.9 Å². The smallest absolute Gasteiger partial charge is 0.286 e. The Kier molecular flexibility index (Phi) is 4.74. The van der Waals surface area contributed by atoms with Crippen LogP contribution in [-0.4, -0.2) is 23.3 Å². The van der Waals surface area contributed by atoms with Gasteiger partial charge in [0.25, 0.3) is 10.1 Å². The SMILES string of the molecule is CCC(N1c2ccccc2Oc2ccc(-c3ncccc3Cl)cc21)S(=O)(=O)O. The van der Waals surface area contributed by atoms with Crippen LogP contribution in [0, 0.1) is 0 Å². The van der Waals surface area contributed by atoms with Crippen LogP contribution < -0.4 is 9.64 Å². The maximum Gasteiger partial charge on any atom is 0.286 e. The minimum absolute atomic E-state index is 0.182. The van der Waals surface area contributed by atoms with E-state index in [2.05, 4.69) is 4.98 Å². The Balaban J connectivity index is 1.94. The van der Waals surface area contributed by atoms with E-state index in [1.165, 1.54) is 0 Å². The number of para-hydroxylation sites is 2. The number of nitrogens with zero attached hydrogens (tertiary/aromatic N) is 2. The third-order valence-corrected chi connectivity index (χ3v) is 6.11. The summed E-state index contributed by atoms with van der Waals surface area (Å²) < 4.78 is 40.1. The van der Waals surface area contributed by atoms with Crippen LogP contribution in [0.4, 0.5) is 11.4 Å². The molecule has 3 aromatic rings. The monoisotopic (exact) mass is 416 g/mol. The molecule has 8 heteroatoms. The lowest BCUT2D eigenvalue weighted by Gasteiger charge is -2.36. The lowest BCUT2D eigenvalue weighted by Crippen LogP contribution is -2.38. The summed E-state index contributed by atoms with van der Waals surface area (Å²) >= 11 is 6.28. The molecule has 0 saturated heterocycles. The van der Waals surface area contributed by atoms with Gasteiger partial charge < -0.3 is 9.64 Å². The molecule has 0 saturated carbocycles. The van der Waals surface area contributed by atoms with Crippen molar-refractivity contribution in [2.45, 2.75) is 18.7 Å². The summed E-state index contributed by atoms with van der Waals surface area (Å²) in [5.74, 6) is 0.998. The van der Waals surface area contributed by atoms with Gasteiger partial charge in [0, 0.05) is 11.8 Å². The maximum atomic E-state index is 12.1. The fourth-order valence-electron chi connectivity index (χ4n) is 3.36. The average molecular weight is 417 g/mol. The van der Waals surface area contributed by atoms with Gasteiger partial charge >= 0.3 is 0 Å². The van der Waals surface area contributed by atoms with Crippen molar-refractivity contribution in [2.24, 2.45) is 0 Å². The molecular formula is C20H17ClN2O4S. The van der Waals surface area contributed by atoms with E-state index < -0.39 is 15.5 Å². The van der Waals surface area contributed by atoms with Crippen molar-refractivity contribution in [1.82, 2.24) is 4.98 Å². The van der Waals surface area contributed by atoms with Crippen LogP contribution in [0.5, 0.6) is 11.5 Å². The maximum absolute atomic E-state index is 12.1. The van der Waals surface area contributed by atoms with E-state index in [1.54, 1.807) is 66.6 Å². The van der Waals surface area contributed by atoms with Crippen molar-refractivity contribution in [3.63, 3.8) is 0 Å². The Morgan fingerprint density at radius 2 is 1.86 bits per heavy atom. The second-order valence-corrected chi connectivity index (χ2v) is 8.32. The molecule has 2 aromatic carbocycles. The number of hydrogen-bond donors (Lipinski definition) is 1. The second kappa shape index (κ2) is 7.09. The minimum atomic E-state index is -4.36. The molecule has 1 aromatic heterocycles. The standard InChI is InChI=1S/C20H17ClN2O4S/c1-2-19(28(24,25)26)23-15-7-3-4-8-17(15)27-18-10-9-13(12-16(18)23)20-14(21)6-5-11-22-20/h3-12,19H,2H2,1H3,(H,24,25,26). The van der Waals surface area contributed by atoms with Gasteiger partial charge in [-0.25, -0.2) is 0 Å². The molecule has 2 heterocycles. The molecule has 0 amide bonds. The van der Waals surface area contributed by atoms with Gasteiger partial charge in [0.2, 0.25) is 0 Å². The molecular weight excluding hydrogens is 400 g/mol. The summed E-state index contributed by atoms with van der Waals surface area (Å²) in [6.45, 7) is 1.70. The van der Waals surface area contributed by atoms with E-state index in [1.807, 2.05) is 6.07 Å². The lowest BCUT2D eigenvalue weighted by molar-refractivity contribution is 0.451. The van der Waals surface area contributed by atoms with Gasteiger partial charge in [0.05, 0.1) is 22.1 Å². The van der Waals surface area contributed by atoms with Gasteiger partial charge in [-0.2, -0.15) is 8.42 Å². The van der Waals surface area contributed by atoms with E-state index in [-0.39, 0.29) is 6.42 Å². The number of pyridine rings is 1. The summed E-state index contributed by atoms with van der Waals surface area (Å²) in [6.07, 6.45) is 1.82. The highest BCUT2D eigenvalue weighted by atomic mass is 35.5. The minimum Gasteiger partial charge on any atom is -0.453 e. The van der Waals surface area contributed by atoms with Crippen molar-refractivity contribution in [3.8, 4) is 22.8 Å². The third-order valence-electron chi connectivity index (χ3n) is 4.58. The van der Waals surface area contributed by atoms with Crippen molar-refractivity contribution >= 4 is 33.1 Å². The highest BCUT2D eigenvalue weighted by Gasteiger charge is 2.36. The zero-order valence-electron chi connectivity index (χ0n) is 14.9. The van der Waals surface area contributed by atoms with E-state index in [9.17, 15) is 13.0 Å². The zero-order chi connectivity index (χ0) is 19.9. The summed E-state index contributed by atoms with van der Waals surface area (Å²) in [6, 6.07) is 15.9. The van der Waals surface area contributed by atoms with Crippen LogP contribution in [0.25, 0.3) is 11.3 Å².